The Morgan fingerprint density at radius 3 is 2.71 bits per heavy atom. The van der Waals surface area contributed by atoms with Gasteiger partial charge in [0.05, 0.1) is 5.69 Å². The lowest BCUT2D eigenvalue weighted by Gasteiger charge is -2.18. The number of rotatable bonds is 4. The molecule has 0 amide bonds. The van der Waals surface area contributed by atoms with Crippen LogP contribution in [0.15, 0.2) is 42.6 Å². The van der Waals surface area contributed by atoms with Gasteiger partial charge in [-0.2, -0.15) is 5.10 Å². The maximum Gasteiger partial charge on any atom is 0.231 e. The monoisotopic (exact) mass is 323 g/mol. The minimum Gasteiger partial charge on any atom is -0.454 e. The summed E-state index contributed by atoms with van der Waals surface area (Å²) in [6, 6.07) is 11.7. The maximum atomic E-state index is 5.41. The van der Waals surface area contributed by atoms with Gasteiger partial charge in [-0.05, 0) is 42.8 Å². The summed E-state index contributed by atoms with van der Waals surface area (Å²) >= 11 is 0. The van der Waals surface area contributed by atoms with Crippen LogP contribution in [0.4, 0.5) is 5.82 Å². The number of aryl methyl sites for hydroxylation is 1. The van der Waals surface area contributed by atoms with Gasteiger partial charge in [-0.1, -0.05) is 6.07 Å². The Bertz CT molecular complexity index is 860. The Kier molecular flexibility index (Phi) is 3.53. The predicted octanol–water partition coefficient (Wildman–Crippen LogP) is 2.34. The predicted molar refractivity (Wildman–Crippen MR) is 88.6 cm³/mol. The van der Waals surface area contributed by atoms with Crippen molar-refractivity contribution in [1.82, 2.24) is 20.0 Å². The molecule has 0 N–H and O–H groups in total. The van der Waals surface area contributed by atoms with E-state index in [0.717, 1.165) is 28.6 Å². The summed E-state index contributed by atoms with van der Waals surface area (Å²) in [5, 5.41) is 12.9. The van der Waals surface area contributed by atoms with E-state index >= 15 is 0 Å². The second kappa shape index (κ2) is 5.84. The van der Waals surface area contributed by atoms with Crippen LogP contribution in [0.25, 0.3) is 5.82 Å². The lowest BCUT2D eigenvalue weighted by atomic mass is 10.2. The normalized spacial score (nSPS) is 12.4. The second-order valence-corrected chi connectivity index (χ2v) is 5.70. The molecule has 0 bridgehead atoms. The van der Waals surface area contributed by atoms with Gasteiger partial charge in [-0.15, -0.1) is 10.2 Å². The maximum absolute atomic E-state index is 5.41. The largest absolute Gasteiger partial charge is 0.454 e. The van der Waals surface area contributed by atoms with Gasteiger partial charge in [0.25, 0.3) is 0 Å². The van der Waals surface area contributed by atoms with Crippen molar-refractivity contribution in [1.29, 1.82) is 0 Å². The van der Waals surface area contributed by atoms with Crippen molar-refractivity contribution in [3.8, 4) is 17.3 Å². The fraction of sp³-hybridized carbons (Fsp3) is 0.235. The summed E-state index contributed by atoms with van der Waals surface area (Å²) in [6.45, 7) is 2.93. The Morgan fingerprint density at radius 2 is 1.96 bits per heavy atom. The molecule has 122 valence electrons. The molecule has 2 aromatic heterocycles. The average Bonchev–Trinajstić information content (AvgIpc) is 3.23. The van der Waals surface area contributed by atoms with Crippen molar-refractivity contribution < 1.29 is 9.47 Å². The van der Waals surface area contributed by atoms with Gasteiger partial charge < -0.3 is 14.4 Å². The zero-order valence-corrected chi connectivity index (χ0v) is 13.5. The molecule has 1 aromatic carbocycles. The van der Waals surface area contributed by atoms with Crippen molar-refractivity contribution in [2.75, 3.05) is 18.7 Å². The number of aromatic nitrogens is 4. The van der Waals surface area contributed by atoms with E-state index in [9.17, 15) is 0 Å². The smallest absolute Gasteiger partial charge is 0.231 e. The topological polar surface area (TPSA) is 65.3 Å². The van der Waals surface area contributed by atoms with Crippen LogP contribution < -0.4 is 14.4 Å². The minimum atomic E-state index is 0.286. The van der Waals surface area contributed by atoms with Gasteiger partial charge in [0.15, 0.2) is 23.1 Å². The highest BCUT2D eigenvalue weighted by molar-refractivity contribution is 5.46. The number of benzene rings is 1. The summed E-state index contributed by atoms with van der Waals surface area (Å²) in [6.07, 6.45) is 1.87. The van der Waals surface area contributed by atoms with E-state index in [1.165, 1.54) is 0 Å². The summed E-state index contributed by atoms with van der Waals surface area (Å²) in [7, 11) is 1.98. The van der Waals surface area contributed by atoms with Crippen molar-refractivity contribution in [2.45, 2.75) is 13.5 Å². The molecule has 24 heavy (non-hydrogen) atoms. The highest BCUT2D eigenvalue weighted by Crippen LogP contribution is 2.32. The van der Waals surface area contributed by atoms with Crippen LogP contribution in [0.1, 0.15) is 11.3 Å². The minimum absolute atomic E-state index is 0.286. The number of anilines is 1. The molecule has 3 heterocycles. The third-order valence-electron chi connectivity index (χ3n) is 3.84. The van der Waals surface area contributed by atoms with Gasteiger partial charge in [-0.3, -0.25) is 0 Å². The number of nitrogens with zero attached hydrogens (tertiary/aromatic N) is 5. The lowest BCUT2D eigenvalue weighted by Crippen LogP contribution is -2.18. The Balaban J connectivity index is 1.49. The fourth-order valence-corrected chi connectivity index (χ4v) is 2.58. The average molecular weight is 323 g/mol. The summed E-state index contributed by atoms with van der Waals surface area (Å²) < 4.78 is 12.5. The van der Waals surface area contributed by atoms with Crippen molar-refractivity contribution >= 4 is 5.82 Å². The van der Waals surface area contributed by atoms with E-state index in [1.54, 1.807) is 4.68 Å². The van der Waals surface area contributed by atoms with Crippen molar-refractivity contribution in [3.05, 3.63) is 53.9 Å². The Morgan fingerprint density at radius 1 is 1.08 bits per heavy atom. The van der Waals surface area contributed by atoms with Crippen LogP contribution in [0, 0.1) is 6.92 Å². The molecule has 4 rings (SSSR count). The number of fused-ring (bicyclic) bond motifs is 1. The standard InChI is InChI=1S/C17H17N5O2/c1-12-7-8-22(20-12)17-6-5-16(18-19-17)21(2)10-13-3-4-14-15(9-13)24-11-23-14/h3-9H,10-11H2,1-2H3. The van der Waals surface area contributed by atoms with Gasteiger partial charge in [0.2, 0.25) is 6.79 Å². The summed E-state index contributed by atoms with van der Waals surface area (Å²) in [5.41, 5.74) is 2.07. The molecule has 0 radical (unpaired) electrons. The van der Waals surface area contributed by atoms with Gasteiger partial charge in [-0.25, -0.2) is 4.68 Å². The molecule has 7 nitrogen and oxygen atoms in total. The first-order valence-corrected chi connectivity index (χ1v) is 7.65. The third-order valence-corrected chi connectivity index (χ3v) is 3.84. The first-order chi connectivity index (χ1) is 11.7. The number of hydrogen-bond acceptors (Lipinski definition) is 6. The van der Waals surface area contributed by atoms with Crippen LogP contribution in [-0.4, -0.2) is 33.8 Å². The van der Waals surface area contributed by atoms with Gasteiger partial charge in [0, 0.05) is 19.8 Å². The van der Waals surface area contributed by atoms with Crippen LogP contribution in [0.5, 0.6) is 11.5 Å². The van der Waals surface area contributed by atoms with E-state index < -0.39 is 0 Å². The van der Waals surface area contributed by atoms with E-state index in [-0.39, 0.29) is 6.79 Å². The van der Waals surface area contributed by atoms with E-state index in [2.05, 4.69) is 15.3 Å². The summed E-state index contributed by atoms with van der Waals surface area (Å²) in [5.74, 6) is 3.07. The highest BCUT2D eigenvalue weighted by atomic mass is 16.7. The first kappa shape index (κ1) is 14.5. The lowest BCUT2D eigenvalue weighted by molar-refractivity contribution is 0.174. The van der Waals surface area contributed by atoms with Crippen LogP contribution in [0.2, 0.25) is 0 Å². The quantitative estimate of drug-likeness (QED) is 0.734. The molecule has 0 fully saturated rings. The number of ether oxygens (including phenoxy) is 2. The molecule has 7 heteroatoms. The number of hydrogen-bond donors (Lipinski definition) is 0. The molecule has 0 unspecified atom stereocenters. The van der Waals surface area contributed by atoms with E-state index in [0.29, 0.717) is 12.4 Å². The molecule has 0 saturated heterocycles. The van der Waals surface area contributed by atoms with Crippen molar-refractivity contribution in [2.24, 2.45) is 0 Å². The fourth-order valence-electron chi connectivity index (χ4n) is 2.58. The molecular formula is C17H17N5O2. The highest BCUT2D eigenvalue weighted by Gasteiger charge is 2.14. The molecular weight excluding hydrogens is 306 g/mol. The van der Waals surface area contributed by atoms with Crippen LogP contribution in [-0.2, 0) is 6.54 Å². The molecule has 0 aliphatic carbocycles. The molecule has 3 aromatic rings. The first-order valence-electron chi connectivity index (χ1n) is 7.65. The van der Waals surface area contributed by atoms with E-state index in [1.807, 2.05) is 61.5 Å². The second-order valence-electron chi connectivity index (χ2n) is 5.70. The van der Waals surface area contributed by atoms with Gasteiger partial charge in [0.1, 0.15) is 0 Å². The van der Waals surface area contributed by atoms with Crippen LogP contribution >= 0.6 is 0 Å². The van der Waals surface area contributed by atoms with Gasteiger partial charge >= 0.3 is 0 Å². The molecule has 1 aliphatic heterocycles. The Labute approximate surface area is 139 Å². The van der Waals surface area contributed by atoms with E-state index in [4.69, 9.17) is 9.47 Å². The molecule has 0 saturated carbocycles. The molecule has 0 atom stereocenters. The SMILES string of the molecule is Cc1ccn(-c2ccc(N(C)Cc3ccc4c(c3)OCO4)nn2)n1. The molecule has 1 aliphatic rings. The summed E-state index contributed by atoms with van der Waals surface area (Å²) in [4.78, 5) is 2.03. The van der Waals surface area contributed by atoms with Crippen LogP contribution in [0.3, 0.4) is 0 Å². The Hall–Kier alpha value is -3.09. The zero-order valence-electron chi connectivity index (χ0n) is 13.5. The third kappa shape index (κ3) is 2.76. The zero-order chi connectivity index (χ0) is 16.5. The molecule has 0 spiro atoms. The van der Waals surface area contributed by atoms with Crippen molar-refractivity contribution in [3.63, 3.8) is 0 Å².